The van der Waals surface area contributed by atoms with E-state index in [2.05, 4.69) is 11.2 Å². The van der Waals surface area contributed by atoms with Crippen LogP contribution in [-0.2, 0) is 11.8 Å². The molecule has 1 fully saturated rings. The second-order valence-corrected chi connectivity index (χ2v) is 5.44. The van der Waals surface area contributed by atoms with E-state index in [9.17, 15) is 9.18 Å². The summed E-state index contributed by atoms with van der Waals surface area (Å²) in [5, 5.41) is 4.40. The van der Waals surface area contributed by atoms with Gasteiger partial charge >= 0.3 is 0 Å². The first-order valence-electron chi connectivity index (χ1n) is 6.76. The summed E-state index contributed by atoms with van der Waals surface area (Å²) in [4.78, 5) is 10.8. The van der Waals surface area contributed by atoms with Crippen LogP contribution in [0.25, 0.3) is 10.9 Å². The number of aldehydes is 1. The van der Waals surface area contributed by atoms with Crippen LogP contribution in [0.2, 0.25) is 0 Å². The lowest BCUT2D eigenvalue weighted by Crippen LogP contribution is -2.14. The Kier molecular flexibility index (Phi) is 3.09. The standard InChI is InChI=1S/C15H17FN2O/c1-18-14-7-6-12(8-13(14)15(16)17-18)11-4-2-10(9-19)3-5-11/h6-11H,2-5H2,1H3/t10-,11-. The Hall–Kier alpha value is -1.71. The van der Waals surface area contributed by atoms with Gasteiger partial charge in [-0.2, -0.15) is 4.39 Å². The van der Waals surface area contributed by atoms with Crippen molar-refractivity contribution in [1.82, 2.24) is 9.78 Å². The molecule has 0 bridgehead atoms. The van der Waals surface area contributed by atoms with E-state index >= 15 is 0 Å². The van der Waals surface area contributed by atoms with E-state index in [0.29, 0.717) is 11.3 Å². The lowest BCUT2D eigenvalue weighted by molar-refractivity contribution is -0.111. The van der Waals surface area contributed by atoms with Crippen LogP contribution in [-0.4, -0.2) is 16.1 Å². The molecule has 1 heterocycles. The number of hydrogen-bond acceptors (Lipinski definition) is 2. The summed E-state index contributed by atoms with van der Waals surface area (Å²) in [5.41, 5.74) is 1.99. The number of aryl methyl sites for hydroxylation is 1. The number of nitrogens with zero attached hydrogens (tertiary/aromatic N) is 2. The van der Waals surface area contributed by atoms with Gasteiger partial charge in [0, 0.05) is 13.0 Å². The van der Waals surface area contributed by atoms with E-state index in [4.69, 9.17) is 0 Å². The molecule has 1 aliphatic rings. The molecule has 0 atom stereocenters. The molecule has 0 unspecified atom stereocenters. The molecule has 1 aromatic heterocycles. The number of carbonyl (C=O) groups is 1. The summed E-state index contributed by atoms with van der Waals surface area (Å²) in [6.45, 7) is 0. The number of aromatic nitrogens is 2. The zero-order valence-electron chi connectivity index (χ0n) is 11.0. The van der Waals surface area contributed by atoms with Crippen molar-refractivity contribution in [2.24, 2.45) is 13.0 Å². The second kappa shape index (κ2) is 4.76. The van der Waals surface area contributed by atoms with Gasteiger partial charge in [0.1, 0.15) is 6.29 Å². The van der Waals surface area contributed by atoms with Gasteiger partial charge in [0.05, 0.1) is 10.9 Å². The molecular formula is C15H17FN2O. The first kappa shape index (κ1) is 12.3. The number of benzene rings is 1. The quantitative estimate of drug-likeness (QED) is 0.777. The Labute approximate surface area is 111 Å². The van der Waals surface area contributed by atoms with Gasteiger partial charge < -0.3 is 4.79 Å². The normalized spacial score (nSPS) is 23.7. The lowest BCUT2D eigenvalue weighted by Gasteiger charge is -2.25. The highest BCUT2D eigenvalue weighted by molar-refractivity contribution is 5.80. The molecule has 0 radical (unpaired) electrons. The summed E-state index contributed by atoms with van der Waals surface area (Å²) < 4.78 is 15.3. The first-order valence-corrected chi connectivity index (χ1v) is 6.76. The zero-order chi connectivity index (χ0) is 13.4. The average Bonchev–Trinajstić information content (AvgIpc) is 2.74. The Morgan fingerprint density at radius 2 is 2.05 bits per heavy atom. The molecule has 4 heteroatoms. The molecule has 0 N–H and O–H groups in total. The third kappa shape index (κ3) is 2.15. The van der Waals surface area contributed by atoms with Crippen molar-refractivity contribution in [2.75, 3.05) is 0 Å². The van der Waals surface area contributed by atoms with Crippen LogP contribution in [0, 0.1) is 11.9 Å². The van der Waals surface area contributed by atoms with Gasteiger partial charge in [-0.3, -0.25) is 4.68 Å². The second-order valence-electron chi connectivity index (χ2n) is 5.44. The largest absolute Gasteiger partial charge is 0.303 e. The number of halogens is 1. The third-order valence-corrected chi connectivity index (χ3v) is 4.26. The summed E-state index contributed by atoms with van der Waals surface area (Å²) in [5.74, 6) is 0.260. The molecule has 19 heavy (non-hydrogen) atoms. The van der Waals surface area contributed by atoms with E-state index in [-0.39, 0.29) is 5.92 Å². The lowest BCUT2D eigenvalue weighted by atomic mass is 9.79. The first-order chi connectivity index (χ1) is 9.19. The maximum absolute atomic E-state index is 13.7. The fraction of sp³-hybridized carbons (Fsp3) is 0.467. The van der Waals surface area contributed by atoms with E-state index in [1.165, 1.54) is 5.56 Å². The minimum absolute atomic E-state index is 0.218. The van der Waals surface area contributed by atoms with E-state index in [1.54, 1.807) is 11.7 Å². The predicted octanol–water partition coefficient (Wildman–Crippen LogP) is 3.19. The van der Waals surface area contributed by atoms with Crippen molar-refractivity contribution in [1.29, 1.82) is 0 Å². The van der Waals surface area contributed by atoms with Gasteiger partial charge in [-0.25, -0.2) is 0 Å². The van der Waals surface area contributed by atoms with Crippen molar-refractivity contribution >= 4 is 17.2 Å². The molecule has 1 saturated carbocycles. The predicted molar refractivity (Wildman–Crippen MR) is 71.4 cm³/mol. The summed E-state index contributed by atoms with van der Waals surface area (Å²) >= 11 is 0. The van der Waals surface area contributed by atoms with Gasteiger partial charge in [0.15, 0.2) is 0 Å². The zero-order valence-corrected chi connectivity index (χ0v) is 11.0. The highest BCUT2D eigenvalue weighted by Gasteiger charge is 2.22. The smallest absolute Gasteiger partial charge is 0.240 e. The molecule has 100 valence electrons. The maximum Gasteiger partial charge on any atom is 0.240 e. The van der Waals surface area contributed by atoms with Crippen molar-refractivity contribution < 1.29 is 9.18 Å². The molecule has 0 saturated heterocycles. The van der Waals surface area contributed by atoms with Crippen LogP contribution in [0.5, 0.6) is 0 Å². The number of rotatable bonds is 2. The Morgan fingerprint density at radius 1 is 1.32 bits per heavy atom. The van der Waals surface area contributed by atoms with Crippen LogP contribution < -0.4 is 0 Å². The van der Waals surface area contributed by atoms with Crippen LogP contribution in [0.15, 0.2) is 18.2 Å². The van der Waals surface area contributed by atoms with E-state index in [1.807, 2.05) is 12.1 Å². The van der Waals surface area contributed by atoms with Crippen molar-refractivity contribution in [3.8, 4) is 0 Å². The molecule has 0 amide bonds. The van der Waals surface area contributed by atoms with Gasteiger partial charge in [0.25, 0.3) is 0 Å². The highest BCUT2D eigenvalue weighted by Crippen LogP contribution is 2.36. The van der Waals surface area contributed by atoms with Crippen LogP contribution in [0.4, 0.5) is 4.39 Å². The Morgan fingerprint density at radius 3 is 2.74 bits per heavy atom. The molecule has 3 rings (SSSR count). The van der Waals surface area contributed by atoms with Gasteiger partial charge in [-0.1, -0.05) is 6.07 Å². The minimum Gasteiger partial charge on any atom is -0.303 e. The van der Waals surface area contributed by atoms with Crippen molar-refractivity contribution in [3.05, 3.63) is 29.7 Å². The fourth-order valence-corrected chi connectivity index (χ4v) is 3.08. The molecule has 2 aromatic rings. The Balaban J connectivity index is 1.89. The summed E-state index contributed by atoms with van der Waals surface area (Å²) in [6, 6.07) is 5.92. The van der Waals surface area contributed by atoms with Gasteiger partial charge in [-0.15, -0.1) is 5.10 Å². The Bertz CT molecular complexity index is 612. The molecule has 1 aromatic carbocycles. The number of carbonyl (C=O) groups excluding carboxylic acids is 1. The summed E-state index contributed by atoms with van der Waals surface area (Å²) in [7, 11) is 1.75. The van der Waals surface area contributed by atoms with Crippen molar-refractivity contribution in [3.63, 3.8) is 0 Å². The minimum atomic E-state index is -0.402. The fourth-order valence-electron chi connectivity index (χ4n) is 3.08. The van der Waals surface area contributed by atoms with Crippen LogP contribution in [0.1, 0.15) is 37.2 Å². The van der Waals surface area contributed by atoms with E-state index in [0.717, 1.165) is 37.5 Å². The topological polar surface area (TPSA) is 34.9 Å². The molecule has 0 aliphatic heterocycles. The third-order valence-electron chi connectivity index (χ3n) is 4.26. The highest BCUT2D eigenvalue weighted by atomic mass is 19.1. The summed E-state index contributed by atoms with van der Waals surface area (Å²) in [6.07, 6.45) is 4.98. The van der Waals surface area contributed by atoms with Gasteiger partial charge in [0.2, 0.25) is 5.95 Å². The van der Waals surface area contributed by atoms with Crippen LogP contribution >= 0.6 is 0 Å². The molecular weight excluding hydrogens is 243 g/mol. The molecule has 3 nitrogen and oxygen atoms in total. The van der Waals surface area contributed by atoms with Gasteiger partial charge in [-0.05, 0) is 49.3 Å². The molecule has 1 aliphatic carbocycles. The monoisotopic (exact) mass is 260 g/mol. The average molecular weight is 260 g/mol. The number of hydrogen-bond donors (Lipinski definition) is 0. The van der Waals surface area contributed by atoms with Crippen LogP contribution in [0.3, 0.4) is 0 Å². The van der Waals surface area contributed by atoms with E-state index < -0.39 is 5.95 Å². The molecule has 0 spiro atoms. The van der Waals surface area contributed by atoms with Crippen molar-refractivity contribution in [2.45, 2.75) is 31.6 Å². The SMILES string of the molecule is Cn1nc(F)c2cc([C@H]3CC[C@H](C=O)CC3)ccc21. The maximum atomic E-state index is 13.7. The number of fused-ring (bicyclic) bond motifs is 1.